The van der Waals surface area contributed by atoms with Gasteiger partial charge in [0.25, 0.3) is 0 Å². The molecule has 0 bridgehead atoms. The first-order valence-electron chi connectivity index (χ1n) is 9.40. The average molecular weight is 452 g/mol. The van der Waals surface area contributed by atoms with Crippen LogP contribution in [0, 0.1) is 0 Å². The zero-order valence-electron chi connectivity index (χ0n) is 16.2. The third kappa shape index (κ3) is 7.40. The van der Waals surface area contributed by atoms with Crippen LogP contribution in [0.2, 0.25) is 0 Å². The number of amides is 2. The van der Waals surface area contributed by atoms with Crippen LogP contribution in [-0.2, 0) is 6.42 Å². The molecule has 7 heteroatoms. The van der Waals surface area contributed by atoms with Crippen molar-refractivity contribution in [2.24, 2.45) is 5.73 Å². The molecular weight excluding hydrogens is 422 g/mol. The number of carbonyl (C=O) groups is 1. The van der Waals surface area contributed by atoms with Crippen molar-refractivity contribution in [1.29, 1.82) is 0 Å². The number of urea groups is 1. The first kappa shape index (κ1) is 23.8. The van der Waals surface area contributed by atoms with E-state index in [0.717, 1.165) is 37.7 Å². The number of hydrogen-bond donors (Lipinski definition) is 4. The fourth-order valence-corrected chi connectivity index (χ4v) is 3.03. The van der Waals surface area contributed by atoms with Gasteiger partial charge in [-0.2, -0.15) is 0 Å². The summed E-state index contributed by atoms with van der Waals surface area (Å²) in [6.45, 7) is 2.81. The largest absolute Gasteiger partial charge is 0.508 e. The summed E-state index contributed by atoms with van der Waals surface area (Å²) in [4.78, 5) is 13.7. The van der Waals surface area contributed by atoms with Crippen molar-refractivity contribution in [1.82, 2.24) is 5.32 Å². The Morgan fingerprint density at radius 1 is 1.04 bits per heavy atom. The number of rotatable bonds is 10. The SMILES string of the molecule is Br.CCCCCC(NCCc1ccc(O)cc1)N(C(N)=O)c1ccc(O)cc1. The summed E-state index contributed by atoms with van der Waals surface area (Å²) in [6.07, 6.45) is 4.49. The maximum atomic E-state index is 12.1. The lowest BCUT2D eigenvalue weighted by Gasteiger charge is -2.31. The maximum Gasteiger partial charge on any atom is 0.320 e. The van der Waals surface area contributed by atoms with Crippen molar-refractivity contribution >= 4 is 28.7 Å². The van der Waals surface area contributed by atoms with E-state index in [1.807, 2.05) is 12.1 Å². The van der Waals surface area contributed by atoms with Crippen LogP contribution in [0.5, 0.6) is 11.5 Å². The van der Waals surface area contributed by atoms with Crippen molar-refractivity contribution in [3.05, 3.63) is 54.1 Å². The van der Waals surface area contributed by atoms with Gasteiger partial charge in [0.05, 0.1) is 6.17 Å². The first-order chi connectivity index (χ1) is 13.0. The summed E-state index contributed by atoms with van der Waals surface area (Å²) < 4.78 is 0. The van der Waals surface area contributed by atoms with Gasteiger partial charge in [-0.1, -0.05) is 38.3 Å². The van der Waals surface area contributed by atoms with Gasteiger partial charge in [0.15, 0.2) is 0 Å². The summed E-state index contributed by atoms with van der Waals surface area (Å²) >= 11 is 0. The van der Waals surface area contributed by atoms with Crippen LogP contribution in [0.15, 0.2) is 48.5 Å². The number of unbranched alkanes of at least 4 members (excludes halogenated alkanes) is 2. The second kappa shape index (κ2) is 12.3. The van der Waals surface area contributed by atoms with Gasteiger partial charge >= 0.3 is 6.03 Å². The number of nitrogens with two attached hydrogens (primary N) is 1. The molecule has 154 valence electrons. The first-order valence-corrected chi connectivity index (χ1v) is 9.40. The molecule has 0 aliphatic carbocycles. The van der Waals surface area contributed by atoms with Crippen LogP contribution >= 0.6 is 17.0 Å². The van der Waals surface area contributed by atoms with E-state index in [1.165, 1.54) is 0 Å². The van der Waals surface area contributed by atoms with Crippen molar-refractivity contribution in [2.75, 3.05) is 11.4 Å². The second-order valence-corrected chi connectivity index (χ2v) is 6.61. The molecule has 6 nitrogen and oxygen atoms in total. The Bertz CT molecular complexity index is 708. The molecule has 0 aliphatic heterocycles. The molecule has 0 saturated carbocycles. The molecule has 0 fully saturated rings. The topological polar surface area (TPSA) is 98.8 Å². The Labute approximate surface area is 177 Å². The number of aromatic hydroxyl groups is 2. The van der Waals surface area contributed by atoms with E-state index in [2.05, 4.69) is 12.2 Å². The van der Waals surface area contributed by atoms with Crippen LogP contribution < -0.4 is 16.0 Å². The Morgan fingerprint density at radius 3 is 2.14 bits per heavy atom. The predicted molar refractivity (Wildman–Crippen MR) is 118 cm³/mol. The van der Waals surface area contributed by atoms with E-state index in [9.17, 15) is 15.0 Å². The molecule has 2 aromatic carbocycles. The standard InChI is InChI=1S/C21H29N3O3.BrH/c1-2-3-4-5-20(23-15-14-16-6-10-18(25)11-7-16)24(21(22)27)17-8-12-19(26)13-9-17;/h6-13,20,23,25-26H,2-5,14-15H2,1H3,(H2,22,27);1H. The van der Waals surface area contributed by atoms with Gasteiger partial charge in [0.2, 0.25) is 0 Å². The summed E-state index contributed by atoms with van der Waals surface area (Å²) in [7, 11) is 0. The number of phenolic OH excluding ortho intramolecular Hbond substituents is 2. The Morgan fingerprint density at radius 2 is 1.61 bits per heavy atom. The van der Waals surface area contributed by atoms with Crippen molar-refractivity contribution in [2.45, 2.75) is 45.2 Å². The summed E-state index contributed by atoms with van der Waals surface area (Å²) in [5.41, 5.74) is 7.42. The van der Waals surface area contributed by atoms with Gasteiger partial charge in [-0.05, 0) is 54.8 Å². The van der Waals surface area contributed by atoms with Gasteiger partial charge in [-0.25, -0.2) is 4.79 Å². The van der Waals surface area contributed by atoms with E-state index in [4.69, 9.17) is 5.73 Å². The summed E-state index contributed by atoms with van der Waals surface area (Å²) in [5.74, 6) is 0.391. The number of carbonyl (C=O) groups excluding carboxylic acids is 1. The van der Waals surface area contributed by atoms with Crippen molar-refractivity contribution < 1.29 is 15.0 Å². The Kier molecular flexibility index (Phi) is 10.4. The Balaban J connectivity index is 0.00000392. The molecule has 0 saturated heterocycles. The summed E-state index contributed by atoms with van der Waals surface area (Å²) in [5, 5.41) is 22.3. The number of nitrogens with zero attached hydrogens (tertiary/aromatic N) is 1. The molecule has 0 aromatic heterocycles. The quantitative estimate of drug-likeness (QED) is 0.319. The minimum absolute atomic E-state index is 0. The highest BCUT2D eigenvalue weighted by Crippen LogP contribution is 2.22. The minimum atomic E-state index is -0.528. The molecule has 1 unspecified atom stereocenters. The number of benzene rings is 2. The van der Waals surface area contributed by atoms with E-state index in [0.29, 0.717) is 12.2 Å². The number of anilines is 1. The van der Waals surface area contributed by atoms with Gasteiger partial charge < -0.3 is 15.9 Å². The number of hydrogen-bond acceptors (Lipinski definition) is 4. The molecule has 0 radical (unpaired) electrons. The van der Waals surface area contributed by atoms with E-state index >= 15 is 0 Å². The second-order valence-electron chi connectivity index (χ2n) is 6.61. The zero-order chi connectivity index (χ0) is 19.6. The predicted octanol–water partition coefficient (Wildman–Crippen LogP) is 4.30. The van der Waals surface area contributed by atoms with E-state index in [-0.39, 0.29) is 34.6 Å². The molecule has 5 N–H and O–H groups in total. The lowest BCUT2D eigenvalue weighted by atomic mass is 10.1. The lowest BCUT2D eigenvalue weighted by molar-refractivity contribution is 0.249. The van der Waals surface area contributed by atoms with Crippen LogP contribution in [0.3, 0.4) is 0 Å². The number of primary amides is 1. The highest BCUT2D eigenvalue weighted by molar-refractivity contribution is 8.93. The van der Waals surface area contributed by atoms with Crippen LogP contribution in [0.25, 0.3) is 0 Å². The monoisotopic (exact) mass is 451 g/mol. The number of halogens is 1. The lowest BCUT2D eigenvalue weighted by Crippen LogP contribution is -2.51. The van der Waals surface area contributed by atoms with Gasteiger partial charge in [0.1, 0.15) is 11.5 Å². The molecule has 2 aromatic rings. The van der Waals surface area contributed by atoms with E-state index < -0.39 is 6.03 Å². The molecular formula is C21H30BrN3O3. The fraction of sp³-hybridized carbons (Fsp3) is 0.381. The fourth-order valence-electron chi connectivity index (χ4n) is 3.03. The van der Waals surface area contributed by atoms with Gasteiger partial charge in [-0.3, -0.25) is 10.2 Å². The Hall–Kier alpha value is -2.25. The highest BCUT2D eigenvalue weighted by Gasteiger charge is 2.22. The molecule has 0 spiro atoms. The average Bonchev–Trinajstić information content (AvgIpc) is 2.64. The van der Waals surface area contributed by atoms with Crippen LogP contribution in [0.1, 0.15) is 38.2 Å². The van der Waals surface area contributed by atoms with E-state index in [1.54, 1.807) is 41.3 Å². The minimum Gasteiger partial charge on any atom is -0.508 e. The maximum absolute atomic E-state index is 12.1. The van der Waals surface area contributed by atoms with Crippen LogP contribution in [-0.4, -0.2) is 29.0 Å². The highest BCUT2D eigenvalue weighted by atomic mass is 79.9. The third-order valence-electron chi connectivity index (χ3n) is 4.49. The van der Waals surface area contributed by atoms with Crippen LogP contribution in [0.4, 0.5) is 10.5 Å². The normalized spacial score (nSPS) is 11.5. The van der Waals surface area contributed by atoms with Gasteiger partial charge in [-0.15, -0.1) is 17.0 Å². The third-order valence-corrected chi connectivity index (χ3v) is 4.49. The molecule has 1 atom stereocenters. The number of nitrogens with one attached hydrogen (secondary N) is 1. The smallest absolute Gasteiger partial charge is 0.320 e. The number of phenols is 2. The molecule has 0 heterocycles. The molecule has 28 heavy (non-hydrogen) atoms. The summed E-state index contributed by atoms with van der Waals surface area (Å²) in [6, 6.07) is 13.0. The molecule has 0 aliphatic rings. The van der Waals surface area contributed by atoms with Crippen molar-refractivity contribution in [3.63, 3.8) is 0 Å². The van der Waals surface area contributed by atoms with Crippen molar-refractivity contribution in [3.8, 4) is 11.5 Å². The zero-order valence-corrected chi connectivity index (χ0v) is 17.9. The molecule has 2 amide bonds. The molecule has 2 rings (SSSR count). The van der Waals surface area contributed by atoms with Gasteiger partial charge in [0, 0.05) is 12.2 Å².